The Bertz CT molecular complexity index is 498. The lowest BCUT2D eigenvalue weighted by atomic mass is 10.3. The second kappa shape index (κ2) is 6.03. The molecule has 0 unspecified atom stereocenters. The van der Waals surface area contributed by atoms with Crippen molar-refractivity contribution in [3.8, 4) is 0 Å². The van der Waals surface area contributed by atoms with Gasteiger partial charge in [0.25, 0.3) is 5.91 Å². The van der Waals surface area contributed by atoms with Crippen LogP contribution in [0.4, 0.5) is 5.82 Å². The third kappa shape index (κ3) is 3.22. The van der Waals surface area contributed by atoms with Crippen LogP contribution in [0.2, 0.25) is 0 Å². The normalized spacial score (nSPS) is 10.1. The van der Waals surface area contributed by atoms with Crippen molar-refractivity contribution in [1.82, 2.24) is 20.3 Å². The number of amides is 1. The predicted octanol–water partition coefficient (Wildman–Crippen LogP) is 0.191. The molecule has 4 N–H and O–H groups in total. The van der Waals surface area contributed by atoms with Crippen LogP contribution in [0.15, 0.2) is 23.3 Å². The summed E-state index contributed by atoms with van der Waals surface area (Å²) in [6, 6.07) is 0. The Morgan fingerprint density at radius 1 is 1.33 bits per heavy atom. The lowest BCUT2D eigenvalue weighted by Crippen LogP contribution is -2.26. The molecule has 0 atom stereocenters. The number of hydrogen-bond donors (Lipinski definition) is 3. The maximum absolute atomic E-state index is 11.7. The highest BCUT2D eigenvalue weighted by molar-refractivity contribution is 7.07. The van der Waals surface area contributed by atoms with Crippen molar-refractivity contribution in [2.75, 3.05) is 12.0 Å². The van der Waals surface area contributed by atoms with Gasteiger partial charge >= 0.3 is 0 Å². The van der Waals surface area contributed by atoms with Gasteiger partial charge in [0.05, 0.1) is 23.6 Å². The van der Waals surface area contributed by atoms with Gasteiger partial charge in [-0.2, -0.15) is 0 Å². The van der Waals surface area contributed by atoms with Crippen LogP contribution in [0.3, 0.4) is 0 Å². The molecule has 0 bridgehead atoms. The smallest absolute Gasteiger partial charge is 0.271 e. The fourth-order valence-corrected chi connectivity index (χ4v) is 1.87. The minimum Gasteiger partial charge on any atom is -0.350 e. The fraction of sp³-hybridized carbons (Fsp3) is 0.200. The highest BCUT2D eigenvalue weighted by Crippen LogP contribution is 2.01. The third-order valence-electron chi connectivity index (χ3n) is 2.18. The van der Waals surface area contributed by atoms with Gasteiger partial charge < -0.3 is 10.7 Å². The van der Waals surface area contributed by atoms with Crippen molar-refractivity contribution < 1.29 is 4.79 Å². The van der Waals surface area contributed by atoms with Gasteiger partial charge in [0.2, 0.25) is 0 Å². The topological polar surface area (TPSA) is 106 Å². The summed E-state index contributed by atoms with van der Waals surface area (Å²) in [6.45, 7) is 0.515. The quantitative estimate of drug-likeness (QED) is 0.526. The van der Waals surface area contributed by atoms with E-state index in [1.807, 2.05) is 5.38 Å². The van der Waals surface area contributed by atoms with Gasteiger partial charge in [-0.1, -0.05) is 0 Å². The van der Waals surface area contributed by atoms with E-state index >= 15 is 0 Å². The molecule has 2 aromatic rings. The van der Waals surface area contributed by atoms with Crippen molar-refractivity contribution in [2.45, 2.75) is 6.42 Å². The molecule has 94 valence electrons. The highest BCUT2D eigenvalue weighted by atomic mass is 32.1. The van der Waals surface area contributed by atoms with Gasteiger partial charge in [0.1, 0.15) is 5.69 Å². The molecule has 2 rings (SSSR count). The van der Waals surface area contributed by atoms with Gasteiger partial charge in [-0.05, 0) is 0 Å². The summed E-state index contributed by atoms with van der Waals surface area (Å²) in [5, 5.41) is 4.70. The van der Waals surface area contributed by atoms with E-state index in [0.717, 1.165) is 5.69 Å². The van der Waals surface area contributed by atoms with E-state index in [1.54, 1.807) is 5.51 Å². The minimum absolute atomic E-state index is 0.257. The molecule has 0 aliphatic carbocycles. The highest BCUT2D eigenvalue weighted by Gasteiger charge is 2.07. The van der Waals surface area contributed by atoms with Crippen LogP contribution >= 0.6 is 11.3 Å². The Morgan fingerprint density at radius 3 is 2.83 bits per heavy atom. The van der Waals surface area contributed by atoms with Crippen molar-refractivity contribution >= 4 is 23.1 Å². The molecule has 0 aliphatic rings. The summed E-state index contributed by atoms with van der Waals surface area (Å²) in [5.74, 6) is 5.30. The SMILES string of the molecule is NNc1cnc(C(=O)NCCc2cscn2)cn1. The van der Waals surface area contributed by atoms with E-state index < -0.39 is 0 Å². The average Bonchev–Trinajstić information content (AvgIpc) is 2.92. The monoisotopic (exact) mass is 264 g/mol. The number of carbonyl (C=O) groups excluding carboxylic acids is 1. The summed E-state index contributed by atoms with van der Waals surface area (Å²) in [5.41, 5.74) is 5.33. The molecule has 1 amide bonds. The van der Waals surface area contributed by atoms with Crippen LogP contribution in [0.25, 0.3) is 0 Å². The third-order valence-corrected chi connectivity index (χ3v) is 2.82. The van der Waals surface area contributed by atoms with E-state index in [0.29, 0.717) is 18.8 Å². The van der Waals surface area contributed by atoms with Gasteiger partial charge in [0, 0.05) is 18.3 Å². The van der Waals surface area contributed by atoms with Crippen LogP contribution in [-0.4, -0.2) is 27.4 Å². The summed E-state index contributed by atoms with van der Waals surface area (Å²) < 4.78 is 0. The number of carbonyl (C=O) groups is 1. The van der Waals surface area contributed by atoms with Crippen molar-refractivity contribution in [3.05, 3.63) is 34.7 Å². The summed E-state index contributed by atoms with van der Waals surface area (Å²) in [4.78, 5) is 23.7. The number of nitrogens with two attached hydrogens (primary N) is 1. The molecule has 7 nitrogen and oxygen atoms in total. The van der Waals surface area contributed by atoms with Gasteiger partial charge in [-0.3, -0.25) is 4.79 Å². The molecule has 0 aromatic carbocycles. The number of anilines is 1. The number of nitrogen functional groups attached to an aromatic ring is 1. The van der Waals surface area contributed by atoms with Crippen LogP contribution in [-0.2, 0) is 6.42 Å². The molecule has 0 aliphatic heterocycles. The van der Waals surface area contributed by atoms with Crippen LogP contribution in [0.1, 0.15) is 16.2 Å². The first-order chi connectivity index (χ1) is 8.79. The predicted molar refractivity (Wildman–Crippen MR) is 68.0 cm³/mol. The van der Waals surface area contributed by atoms with Gasteiger partial charge in [0.15, 0.2) is 5.82 Å². The second-order valence-electron chi connectivity index (χ2n) is 3.42. The number of aromatic nitrogens is 3. The van der Waals surface area contributed by atoms with Crippen molar-refractivity contribution in [3.63, 3.8) is 0 Å². The average molecular weight is 264 g/mol. The zero-order valence-electron chi connectivity index (χ0n) is 9.46. The lowest BCUT2D eigenvalue weighted by Gasteiger charge is -2.03. The Labute approximate surface area is 107 Å². The molecule has 8 heteroatoms. The largest absolute Gasteiger partial charge is 0.350 e. The lowest BCUT2D eigenvalue weighted by molar-refractivity contribution is 0.0949. The maximum Gasteiger partial charge on any atom is 0.271 e. The zero-order chi connectivity index (χ0) is 12.8. The Kier molecular flexibility index (Phi) is 4.15. The van der Waals surface area contributed by atoms with Crippen molar-refractivity contribution in [1.29, 1.82) is 0 Å². The molecule has 18 heavy (non-hydrogen) atoms. The maximum atomic E-state index is 11.7. The number of nitrogens with zero attached hydrogens (tertiary/aromatic N) is 3. The first-order valence-corrected chi connectivity index (χ1v) is 6.18. The number of rotatable bonds is 5. The molecule has 0 radical (unpaired) electrons. The number of thiazole rings is 1. The standard InChI is InChI=1S/C10H12N6OS/c11-16-9-4-13-8(3-14-9)10(17)12-2-1-7-5-18-6-15-7/h3-6H,1-2,11H2,(H,12,17)(H,14,16). The molecule has 0 saturated heterocycles. The zero-order valence-corrected chi connectivity index (χ0v) is 10.3. The molecule has 0 fully saturated rings. The number of hydrogen-bond acceptors (Lipinski definition) is 7. The Morgan fingerprint density at radius 2 is 2.22 bits per heavy atom. The van der Waals surface area contributed by atoms with Gasteiger partial charge in [-0.25, -0.2) is 20.8 Å². The molecule has 2 aromatic heterocycles. The summed E-state index contributed by atoms with van der Waals surface area (Å²) in [7, 11) is 0. The Hall–Kier alpha value is -2.06. The van der Waals surface area contributed by atoms with E-state index in [4.69, 9.17) is 5.84 Å². The molecule has 0 saturated carbocycles. The minimum atomic E-state index is -0.263. The van der Waals surface area contributed by atoms with Crippen LogP contribution < -0.4 is 16.6 Å². The summed E-state index contributed by atoms with van der Waals surface area (Å²) >= 11 is 1.53. The van der Waals surface area contributed by atoms with E-state index in [1.165, 1.54) is 23.7 Å². The fourth-order valence-electron chi connectivity index (χ4n) is 1.28. The van der Waals surface area contributed by atoms with Gasteiger partial charge in [-0.15, -0.1) is 11.3 Å². The molecular formula is C10H12N6OS. The van der Waals surface area contributed by atoms with Crippen LogP contribution in [0, 0.1) is 0 Å². The molecule has 0 spiro atoms. The van der Waals surface area contributed by atoms with Crippen molar-refractivity contribution in [2.24, 2.45) is 5.84 Å². The molecular weight excluding hydrogens is 252 g/mol. The van der Waals surface area contributed by atoms with Crippen LogP contribution in [0.5, 0.6) is 0 Å². The first-order valence-electron chi connectivity index (χ1n) is 5.23. The number of nitrogens with one attached hydrogen (secondary N) is 2. The molecule has 2 heterocycles. The number of hydrazine groups is 1. The summed E-state index contributed by atoms with van der Waals surface area (Å²) in [6.07, 6.45) is 3.47. The second-order valence-corrected chi connectivity index (χ2v) is 4.14. The van der Waals surface area contributed by atoms with E-state index in [9.17, 15) is 4.79 Å². The van der Waals surface area contributed by atoms with E-state index in [-0.39, 0.29) is 11.6 Å². The first kappa shape index (κ1) is 12.4. The Balaban J connectivity index is 1.83. The van der Waals surface area contributed by atoms with E-state index in [2.05, 4.69) is 25.7 Å².